The van der Waals surface area contributed by atoms with E-state index in [0.29, 0.717) is 12.4 Å². The van der Waals surface area contributed by atoms with Crippen LogP contribution in [0.5, 0.6) is 0 Å². The Hall–Kier alpha value is -2.36. The molecule has 0 spiro atoms. The van der Waals surface area contributed by atoms with Gasteiger partial charge in [0.05, 0.1) is 5.52 Å². The van der Waals surface area contributed by atoms with E-state index in [1.54, 1.807) is 11.0 Å². The predicted octanol–water partition coefficient (Wildman–Crippen LogP) is 2.62. The van der Waals surface area contributed by atoms with E-state index in [1.165, 1.54) is 0 Å². The highest BCUT2D eigenvalue weighted by Gasteiger charge is 2.13. The summed E-state index contributed by atoms with van der Waals surface area (Å²) in [4.78, 5) is 17.2. The van der Waals surface area contributed by atoms with Gasteiger partial charge in [0.25, 0.3) is 0 Å². The highest BCUT2D eigenvalue weighted by Crippen LogP contribution is 2.22. The minimum atomic E-state index is -0.879. The summed E-state index contributed by atoms with van der Waals surface area (Å²) in [6.45, 7) is 5.97. The van der Waals surface area contributed by atoms with Gasteiger partial charge in [0.15, 0.2) is 0 Å². The molecule has 19 heavy (non-hydrogen) atoms. The van der Waals surface area contributed by atoms with Crippen molar-refractivity contribution in [3.05, 3.63) is 48.6 Å². The molecule has 1 N–H and O–H groups in total. The normalized spacial score (nSPS) is 10.4. The summed E-state index contributed by atoms with van der Waals surface area (Å²) in [6.07, 6.45) is 1.68. The molecular formula is C15H16N2O2. The third kappa shape index (κ3) is 2.91. The summed E-state index contributed by atoms with van der Waals surface area (Å²) >= 11 is 0. The van der Waals surface area contributed by atoms with Gasteiger partial charge in [-0.2, -0.15) is 0 Å². The zero-order chi connectivity index (χ0) is 13.8. The molecule has 0 bridgehead atoms. The SMILES string of the molecule is C=CCN(CC(=O)O)c1nc2ccccc2cc1C. The topological polar surface area (TPSA) is 53.4 Å². The number of pyridine rings is 1. The monoisotopic (exact) mass is 256 g/mol. The molecule has 2 rings (SSSR count). The van der Waals surface area contributed by atoms with Crippen molar-refractivity contribution in [2.24, 2.45) is 0 Å². The van der Waals surface area contributed by atoms with Crippen LogP contribution in [-0.4, -0.2) is 29.1 Å². The van der Waals surface area contributed by atoms with Gasteiger partial charge in [-0.15, -0.1) is 6.58 Å². The van der Waals surface area contributed by atoms with Gasteiger partial charge in [0.1, 0.15) is 12.4 Å². The Morgan fingerprint density at radius 1 is 1.47 bits per heavy atom. The Bertz CT molecular complexity index is 623. The number of carbonyl (C=O) groups is 1. The molecule has 0 aliphatic heterocycles. The Morgan fingerprint density at radius 2 is 2.21 bits per heavy atom. The van der Waals surface area contributed by atoms with E-state index in [2.05, 4.69) is 11.6 Å². The van der Waals surface area contributed by atoms with Crippen LogP contribution in [0.15, 0.2) is 43.0 Å². The number of benzene rings is 1. The van der Waals surface area contributed by atoms with Crippen LogP contribution in [0, 0.1) is 6.92 Å². The summed E-state index contributed by atoms with van der Waals surface area (Å²) in [5.74, 6) is -0.183. The molecule has 0 saturated heterocycles. The molecule has 1 aromatic carbocycles. The highest BCUT2D eigenvalue weighted by molar-refractivity contribution is 5.82. The third-order valence-corrected chi connectivity index (χ3v) is 2.86. The molecule has 0 amide bonds. The first-order chi connectivity index (χ1) is 9.11. The number of anilines is 1. The van der Waals surface area contributed by atoms with Crippen LogP contribution >= 0.6 is 0 Å². The van der Waals surface area contributed by atoms with Crippen LogP contribution in [0.25, 0.3) is 10.9 Å². The maximum atomic E-state index is 10.9. The van der Waals surface area contributed by atoms with Crippen molar-refractivity contribution in [2.75, 3.05) is 18.0 Å². The molecule has 2 aromatic rings. The van der Waals surface area contributed by atoms with Crippen LogP contribution in [0.2, 0.25) is 0 Å². The predicted molar refractivity (Wildman–Crippen MR) is 76.5 cm³/mol. The van der Waals surface area contributed by atoms with Gasteiger partial charge in [-0.3, -0.25) is 4.79 Å². The van der Waals surface area contributed by atoms with Crippen molar-refractivity contribution in [3.63, 3.8) is 0 Å². The van der Waals surface area contributed by atoms with Crippen LogP contribution < -0.4 is 4.90 Å². The molecule has 0 atom stereocenters. The van der Waals surface area contributed by atoms with Gasteiger partial charge in [0.2, 0.25) is 0 Å². The van der Waals surface area contributed by atoms with Crippen molar-refractivity contribution >= 4 is 22.7 Å². The van der Waals surface area contributed by atoms with Crippen LogP contribution in [0.4, 0.5) is 5.82 Å². The van der Waals surface area contributed by atoms with E-state index >= 15 is 0 Å². The third-order valence-electron chi connectivity index (χ3n) is 2.86. The number of hydrogen-bond acceptors (Lipinski definition) is 3. The largest absolute Gasteiger partial charge is 0.480 e. The first kappa shape index (κ1) is 13.1. The average Bonchev–Trinajstić information content (AvgIpc) is 2.37. The molecule has 0 aliphatic rings. The quantitative estimate of drug-likeness (QED) is 0.835. The van der Waals surface area contributed by atoms with Gasteiger partial charge in [0, 0.05) is 11.9 Å². The number of carboxylic acids is 1. The second kappa shape index (κ2) is 5.52. The zero-order valence-corrected chi connectivity index (χ0v) is 10.8. The minimum Gasteiger partial charge on any atom is -0.480 e. The Labute approximate surface area is 112 Å². The summed E-state index contributed by atoms with van der Waals surface area (Å²) in [5, 5.41) is 10.0. The lowest BCUT2D eigenvalue weighted by Gasteiger charge is -2.22. The molecular weight excluding hydrogens is 240 g/mol. The summed E-state index contributed by atoms with van der Waals surface area (Å²) < 4.78 is 0. The van der Waals surface area contributed by atoms with E-state index in [-0.39, 0.29) is 6.54 Å². The zero-order valence-electron chi connectivity index (χ0n) is 10.8. The van der Waals surface area contributed by atoms with Crippen LogP contribution in [0.1, 0.15) is 5.56 Å². The first-order valence-corrected chi connectivity index (χ1v) is 6.06. The fourth-order valence-electron chi connectivity index (χ4n) is 2.08. The molecule has 98 valence electrons. The first-order valence-electron chi connectivity index (χ1n) is 6.06. The maximum Gasteiger partial charge on any atom is 0.323 e. The molecule has 0 fully saturated rings. The van der Waals surface area contributed by atoms with Crippen molar-refractivity contribution in [3.8, 4) is 0 Å². The number of aryl methyl sites for hydroxylation is 1. The van der Waals surface area contributed by atoms with Gasteiger partial charge >= 0.3 is 5.97 Å². The lowest BCUT2D eigenvalue weighted by Crippen LogP contribution is -2.31. The molecule has 1 aromatic heterocycles. The number of aliphatic carboxylic acids is 1. The molecule has 0 aliphatic carbocycles. The van der Waals surface area contributed by atoms with Crippen LogP contribution in [0.3, 0.4) is 0 Å². The van der Waals surface area contributed by atoms with Gasteiger partial charge in [-0.05, 0) is 24.6 Å². The standard InChI is InChI=1S/C15H16N2O2/c1-3-8-17(10-14(18)19)15-11(2)9-12-6-4-5-7-13(12)16-15/h3-7,9H,1,8,10H2,2H3,(H,18,19). The van der Waals surface area contributed by atoms with Crippen LogP contribution in [-0.2, 0) is 4.79 Å². The van der Waals surface area contributed by atoms with Crippen molar-refractivity contribution < 1.29 is 9.90 Å². The van der Waals surface area contributed by atoms with E-state index in [1.807, 2.05) is 37.3 Å². The molecule has 4 nitrogen and oxygen atoms in total. The summed E-state index contributed by atoms with van der Waals surface area (Å²) in [6, 6.07) is 9.82. The van der Waals surface area contributed by atoms with Crippen molar-refractivity contribution in [2.45, 2.75) is 6.92 Å². The number of para-hydroxylation sites is 1. The number of nitrogens with zero attached hydrogens (tertiary/aromatic N) is 2. The number of aromatic nitrogens is 1. The van der Waals surface area contributed by atoms with Gasteiger partial charge < -0.3 is 10.0 Å². The second-order valence-electron chi connectivity index (χ2n) is 4.38. The fourth-order valence-corrected chi connectivity index (χ4v) is 2.08. The number of fused-ring (bicyclic) bond motifs is 1. The molecule has 4 heteroatoms. The number of hydrogen-bond donors (Lipinski definition) is 1. The second-order valence-corrected chi connectivity index (χ2v) is 4.38. The van der Waals surface area contributed by atoms with Gasteiger partial charge in [-0.25, -0.2) is 4.98 Å². The highest BCUT2D eigenvalue weighted by atomic mass is 16.4. The molecule has 0 radical (unpaired) electrons. The molecule has 1 heterocycles. The number of carboxylic acid groups (broad SMARTS) is 1. The summed E-state index contributed by atoms with van der Waals surface area (Å²) in [7, 11) is 0. The lowest BCUT2D eigenvalue weighted by atomic mass is 10.1. The Morgan fingerprint density at radius 3 is 2.89 bits per heavy atom. The van der Waals surface area contributed by atoms with E-state index in [0.717, 1.165) is 16.5 Å². The van der Waals surface area contributed by atoms with E-state index in [9.17, 15) is 4.79 Å². The fraction of sp³-hybridized carbons (Fsp3) is 0.200. The Balaban J connectivity index is 2.48. The Kier molecular flexibility index (Phi) is 3.80. The average molecular weight is 256 g/mol. The minimum absolute atomic E-state index is 0.0851. The van der Waals surface area contributed by atoms with E-state index in [4.69, 9.17) is 5.11 Å². The van der Waals surface area contributed by atoms with Crippen molar-refractivity contribution in [1.29, 1.82) is 0 Å². The van der Waals surface area contributed by atoms with Gasteiger partial charge in [-0.1, -0.05) is 24.3 Å². The molecule has 0 unspecified atom stereocenters. The molecule has 0 saturated carbocycles. The maximum absolute atomic E-state index is 10.9. The summed E-state index contributed by atoms with van der Waals surface area (Å²) in [5.41, 5.74) is 1.82. The lowest BCUT2D eigenvalue weighted by molar-refractivity contribution is -0.135. The van der Waals surface area contributed by atoms with E-state index < -0.39 is 5.97 Å². The van der Waals surface area contributed by atoms with Crippen molar-refractivity contribution in [1.82, 2.24) is 4.98 Å². The number of rotatable bonds is 5. The smallest absolute Gasteiger partial charge is 0.323 e.